The van der Waals surface area contributed by atoms with E-state index >= 15 is 0 Å². The van der Waals surface area contributed by atoms with Gasteiger partial charge in [0.2, 0.25) is 0 Å². The Morgan fingerprint density at radius 2 is 1.85 bits per heavy atom. The third-order valence-electron chi connectivity index (χ3n) is 7.26. The van der Waals surface area contributed by atoms with Gasteiger partial charge in [-0.1, -0.05) is 56.6 Å². The average Bonchev–Trinajstić information content (AvgIpc) is 3.06. The molecule has 1 heterocycles. The van der Waals surface area contributed by atoms with Crippen molar-refractivity contribution in [1.82, 2.24) is 4.90 Å². The number of aliphatic imine (C=N–C) groups is 1. The number of carbonyl (C=O) groups is 2. The van der Waals surface area contributed by atoms with Crippen LogP contribution in [0.3, 0.4) is 0 Å². The van der Waals surface area contributed by atoms with Crippen LogP contribution >= 0.6 is 11.6 Å². The molecule has 1 aliphatic carbocycles. The Morgan fingerprint density at radius 1 is 1.18 bits per heavy atom. The topological polar surface area (TPSA) is 49.7 Å². The summed E-state index contributed by atoms with van der Waals surface area (Å²) >= 11 is 6.11. The molecule has 1 amide bonds. The molecular weight excluding hydrogens is 439 g/mol. The first-order chi connectivity index (χ1) is 15.8. The molecule has 1 spiro atoms. The first-order valence-corrected chi connectivity index (χ1v) is 12.1. The maximum atomic E-state index is 14.1. The fourth-order valence-electron chi connectivity index (χ4n) is 5.41. The van der Waals surface area contributed by atoms with E-state index in [0.717, 1.165) is 37.5 Å². The minimum Gasteiger partial charge on any atom is -0.305 e. The predicted octanol–water partition coefficient (Wildman–Crippen LogP) is 6.62. The highest BCUT2D eigenvalue weighted by Crippen LogP contribution is 2.47. The fourth-order valence-corrected chi connectivity index (χ4v) is 5.63. The van der Waals surface area contributed by atoms with E-state index in [2.05, 4.69) is 20.8 Å². The van der Waals surface area contributed by atoms with Crippen LogP contribution in [0.2, 0.25) is 5.02 Å². The quantitative estimate of drug-likeness (QED) is 0.447. The molecular formula is C27H30ClFN2O2. The van der Waals surface area contributed by atoms with Crippen molar-refractivity contribution in [3.05, 3.63) is 70.0 Å². The highest BCUT2D eigenvalue weighted by atomic mass is 35.5. The zero-order valence-corrected chi connectivity index (χ0v) is 20.1. The summed E-state index contributed by atoms with van der Waals surface area (Å²) in [5.41, 5.74) is 1.61. The van der Waals surface area contributed by atoms with Crippen LogP contribution in [0.25, 0.3) is 0 Å². The Morgan fingerprint density at radius 3 is 2.39 bits per heavy atom. The third-order valence-corrected chi connectivity index (χ3v) is 7.47. The van der Waals surface area contributed by atoms with Crippen molar-refractivity contribution in [3.8, 4) is 0 Å². The Hall–Kier alpha value is -2.53. The molecule has 0 saturated heterocycles. The van der Waals surface area contributed by atoms with Gasteiger partial charge in [0.05, 0.1) is 6.04 Å². The molecule has 1 saturated carbocycles. The molecule has 1 aliphatic heterocycles. The molecule has 0 radical (unpaired) electrons. The van der Waals surface area contributed by atoms with Gasteiger partial charge in [-0.15, -0.1) is 0 Å². The van der Waals surface area contributed by atoms with E-state index in [-0.39, 0.29) is 22.7 Å². The number of hydrogen-bond acceptors (Lipinski definition) is 3. The minimum absolute atomic E-state index is 0.189. The number of carbonyl (C=O) groups excluding carboxylic acids is 2. The van der Waals surface area contributed by atoms with Crippen LogP contribution in [-0.4, -0.2) is 28.5 Å². The molecule has 1 unspecified atom stereocenters. The number of nitrogens with zero attached hydrogens (tertiary/aromatic N) is 2. The van der Waals surface area contributed by atoms with Crippen molar-refractivity contribution in [2.45, 2.75) is 64.6 Å². The van der Waals surface area contributed by atoms with E-state index in [1.165, 1.54) is 12.1 Å². The van der Waals surface area contributed by atoms with Gasteiger partial charge in [-0.25, -0.2) is 4.39 Å². The molecule has 2 aromatic carbocycles. The van der Waals surface area contributed by atoms with Gasteiger partial charge in [0.1, 0.15) is 23.5 Å². The van der Waals surface area contributed by atoms with Gasteiger partial charge in [-0.2, -0.15) is 0 Å². The Labute approximate surface area is 199 Å². The fraction of sp³-hybridized carbons (Fsp3) is 0.444. The SMILES string of the molecule is CCC(c1ccc(C=O)cc1)N1C(=O)C(c2cc(F)cc(Cl)c2)=NC12CCC(C(C)C)CC2. The van der Waals surface area contributed by atoms with Crippen molar-refractivity contribution in [2.24, 2.45) is 16.8 Å². The molecule has 0 bridgehead atoms. The maximum Gasteiger partial charge on any atom is 0.275 e. The maximum absolute atomic E-state index is 14.1. The van der Waals surface area contributed by atoms with Crippen molar-refractivity contribution >= 4 is 29.5 Å². The summed E-state index contributed by atoms with van der Waals surface area (Å²) < 4.78 is 14.1. The first-order valence-electron chi connectivity index (χ1n) is 11.7. The Balaban J connectivity index is 1.78. The summed E-state index contributed by atoms with van der Waals surface area (Å²) in [5.74, 6) is 0.505. The lowest BCUT2D eigenvalue weighted by Gasteiger charge is -2.46. The van der Waals surface area contributed by atoms with Gasteiger partial charge in [-0.3, -0.25) is 14.6 Å². The normalized spacial score (nSPS) is 23.8. The molecule has 2 aromatic rings. The predicted molar refractivity (Wildman–Crippen MR) is 129 cm³/mol. The number of rotatable bonds is 6. The zero-order valence-electron chi connectivity index (χ0n) is 19.4. The van der Waals surface area contributed by atoms with Crippen LogP contribution in [0.4, 0.5) is 4.39 Å². The standard InChI is InChI=1S/C27H30ClFN2O2/c1-4-24(20-7-5-18(16-32)6-8-20)31-26(33)25(21-13-22(28)15-23(29)14-21)30-27(31)11-9-19(10-12-27)17(2)3/h5-8,13-17,19,24H,4,9-12H2,1-3H3. The third kappa shape index (κ3) is 4.48. The molecule has 1 fully saturated rings. The van der Waals surface area contributed by atoms with Gasteiger partial charge in [0, 0.05) is 16.1 Å². The second-order valence-electron chi connectivity index (χ2n) is 9.57. The van der Waals surface area contributed by atoms with Crippen LogP contribution in [0.15, 0.2) is 47.5 Å². The van der Waals surface area contributed by atoms with Crippen molar-refractivity contribution in [1.29, 1.82) is 0 Å². The van der Waals surface area contributed by atoms with Crippen molar-refractivity contribution in [3.63, 3.8) is 0 Å². The van der Waals surface area contributed by atoms with E-state index in [4.69, 9.17) is 16.6 Å². The largest absolute Gasteiger partial charge is 0.305 e. The van der Waals surface area contributed by atoms with Crippen molar-refractivity contribution < 1.29 is 14.0 Å². The highest BCUT2D eigenvalue weighted by Gasteiger charge is 2.51. The second-order valence-corrected chi connectivity index (χ2v) is 10.0. The molecule has 4 rings (SSSR count). The van der Waals surface area contributed by atoms with Crippen LogP contribution in [0, 0.1) is 17.7 Å². The average molecular weight is 469 g/mol. The minimum atomic E-state index is -0.652. The molecule has 1 atom stereocenters. The summed E-state index contributed by atoms with van der Waals surface area (Å²) in [7, 11) is 0. The number of benzene rings is 2. The molecule has 4 nitrogen and oxygen atoms in total. The van der Waals surface area contributed by atoms with E-state index < -0.39 is 11.5 Å². The van der Waals surface area contributed by atoms with Gasteiger partial charge in [-0.05, 0) is 67.7 Å². The first kappa shape index (κ1) is 23.6. The molecule has 174 valence electrons. The van der Waals surface area contributed by atoms with Gasteiger partial charge in [0.25, 0.3) is 5.91 Å². The zero-order chi connectivity index (χ0) is 23.8. The smallest absolute Gasteiger partial charge is 0.275 e. The van der Waals surface area contributed by atoms with Crippen LogP contribution in [0.5, 0.6) is 0 Å². The highest BCUT2D eigenvalue weighted by molar-refractivity contribution is 6.47. The summed E-state index contributed by atoms with van der Waals surface area (Å²) in [5, 5.41) is 0.244. The second kappa shape index (κ2) is 9.38. The van der Waals surface area contributed by atoms with Gasteiger partial charge in [0.15, 0.2) is 0 Å². The molecule has 0 N–H and O–H groups in total. The van der Waals surface area contributed by atoms with Crippen molar-refractivity contribution in [2.75, 3.05) is 0 Å². The molecule has 0 aromatic heterocycles. The monoisotopic (exact) mass is 468 g/mol. The molecule has 2 aliphatic rings. The molecule has 33 heavy (non-hydrogen) atoms. The van der Waals surface area contributed by atoms with Crippen LogP contribution < -0.4 is 0 Å². The van der Waals surface area contributed by atoms with Crippen LogP contribution in [0.1, 0.15) is 80.4 Å². The van der Waals surface area contributed by atoms with Gasteiger partial charge >= 0.3 is 0 Å². The Bertz CT molecular complexity index is 1050. The summed E-state index contributed by atoms with van der Waals surface area (Å²) in [6.07, 6.45) is 5.04. The Kier molecular flexibility index (Phi) is 6.71. The summed E-state index contributed by atoms with van der Waals surface area (Å²) in [6.45, 7) is 6.54. The van der Waals surface area contributed by atoms with E-state index in [1.807, 2.05) is 17.0 Å². The van der Waals surface area contributed by atoms with E-state index in [9.17, 15) is 14.0 Å². The number of amides is 1. The lowest BCUT2D eigenvalue weighted by Crippen LogP contribution is -2.51. The summed E-state index contributed by atoms with van der Waals surface area (Å²) in [4.78, 5) is 32.0. The molecule has 6 heteroatoms. The van der Waals surface area contributed by atoms with E-state index in [0.29, 0.717) is 29.4 Å². The van der Waals surface area contributed by atoms with Gasteiger partial charge < -0.3 is 4.90 Å². The number of hydrogen-bond donors (Lipinski definition) is 0. The lowest BCUT2D eigenvalue weighted by atomic mass is 9.76. The number of aldehydes is 1. The van der Waals surface area contributed by atoms with Crippen LogP contribution in [-0.2, 0) is 4.79 Å². The number of halogens is 2. The lowest BCUT2D eigenvalue weighted by molar-refractivity contribution is -0.133. The van der Waals surface area contributed by atoms with E-state index in [1.54, 1.807) is 18.2 Å². The summed E-state index contributed by atoms with van der Waals surface area (Å²) in [6, 6.07) is 11.4.